The van der Waals surface area contributed by atoms with Crippen LogP contribution in [0.5, 0.6) is 0 Å². The third-order valence-corrected chi connectivity index (χ3v) is 3.65. The fourth-order valence-corrected chi connectivity index (χ4v) is 2.42. The van der Waals surface area contributed by atoms with E-state index >= 15 is 0 Å². The van der Waals surface area contributed by atoms with E-state index in [1.165, 1.54) is 0 Å². The van der Waals surface area contributed by atoms with Gasteiger partial charge in [0.05, 0.1) is 6.42 Å². The number of hydrogen-bond acceptors (Lipinski definition) is 5. The number of ether oxygens (including phenoxy) is 2. The first kappa shape index (κ1) is 21.9. The van der Waals surface area contributed by atoms with Gasteiger partial charge in [-0.25, -0.2) is 4.79 Å². The molecule has 0 aliphatic heterocycles. The number of carbonyl (C=O) groups is 3. The molecule has 0 fully saturated rings. The number of esters is 1. The number of alkyl carbamates (subject to hydrolysis) is 1. The Morgan fingerprint density at radius 3 is 2.10 bits per heavy atom. The van der Waals surface area contributed by atoms with E-state index in [1.807, 2.05) is 36.4 Å². The summed E-state index contributed by atoms with van der Waals surface area (Å²) < 4.78 is 10.4. The van der Waals surface area contributed by atoms with Crippen LogP contribution in [0.3, 0.4) is 0 Å². The normalized spacial score (nSPS) is 11.8. The Hall–Kier alpha value is -3.35. The molecule has 0 radical (unpaired) electrons. The minimum atomic E-state index is -1.15. The summed E-state index contributed by atoms with van der Waals surface area (Å²) in [6.07, 6.45) is -1.12. The maximum Gasteiger partial charge on any atom is 0.408 e. The van der Waals surface area contributed by atoms with Crippen molar-refractivity contribution >= 4 is 23.7 Å². The number of benzene rings is 2. The topological polar surface area (TPSA) is 93.7 Å². The first-order valence-electron chi connectivity index (χ1n) is 9.28. The summed E-state index contributed by atoms with van der Waals surface area (Å²) in [6.45, 7) is 5.23. The molecule has 2 amide bonds. The maximum atomic E-state index is 12.6. The molecule has 154 valence electrons. The highest BCUT2D eigenvalue weighted by atomic mass is 16.6. The van der Waals surface area contributed by atoms with E-state index in [1.54, 1.807) is 45.0 Å². The number of carbonyl (C=O) groups excluding carboxylic acids is 3. The molecule has 2 N–H and O–H groups in total. The van der Waals surface area contributed by atoms with Crippen molar-refractivity contribution in [3.05, 3.63) is 66.2 Å². The third kappa shape index (κ3) is 8.47. The molecule has 0 saturated heterocycles. The van der Waals surface area contributed by atoms with Crippen molar-refractivity contribution in [2.75, 3.05) is 5.32 Å². The highest BCUT2D eigenvalue weighted by molar-refractivity contribution is 5.98. The molecule has 2 aromatic rings. The monoisotopic (exact) mass is 398 g/mol. The van der Waals surface area contributed by atoms with Crippen LogP contribution in [0.15, 0.2) is 60.7 Å². The van der Waals surface area contributed by atoms with Crippen molar-refractivity contribution in [3.63, 3.8) is 0 Å². The predicted molar refractivity (Wildman–Crippen MR) is 109 cm³/mol. The molecule has 2 rings (SSSR count). The Bertz CT molecular complexity index is 816. The van der Waals surface area contributed by atoms with Crippen molar-refractivity contribution < 1.29 is 23.9 Å². The fraction of sp³-hybridized carbons (Fsp3) is 0.318. The summed E-state index contributed by atoms with van der Waals surface area (Å²) in [7, 11) is 0. The van der Waals surface area contributed by atoms with Crippen LogP contribution in [0.4, 0.5) is 10.5 Å². The molecule has 2 aromatic carbocycles. The highest BCUT2D eigenvalue weighted by Gasteiger charge is 2.27. The van der Waals surface area contributed by atoms with Crippen LogP contribution in [0.1, 0.15) is 32.8 Å². The van der Waals surface area contributed by atoms with Crippen LogP contribution in [0, 0.1) is 0 Å². The van der Waals surface area contributed by atoms with Crippen LogP contribution in [0.25, 0.3) is 0 Å². The van der Waals surface area contributed by atoms with Crippen LogP contribution in [-0.2, 0) is 25.7 Å². The van der Waals surface area contributed by atoms with E-state index < -0.39 is 29.6 Å². The smallest absolute Gasteiger partial charge is 0.408 e. The van der Waals surface area contributed by atoms with Gasteiger partial charge in [-0.2, -0.15) is 0 Å². The molecule has 0 unspecified atom stereocenters. The van der Waals surface area contributed by atoms with Gasteiger partial charge < -0.3 is 20.1 Å². The van der Waals surface area contributed by atoms with E-state index in [2.05, 4.69) is 10.6 Å². The van der Waals surface area contributed by atoms with Gasteiger partial charge in [-0.15, -0.1) is 0 Å². The quantitative estimate of drug-likeness (QED) is 0.695. The van der Waals surface area contributed by atoms with Crippen LogP contribution in [0.2, 0.25) is 0 Å². The molecule has 0 heterocycles. The van der Waals surface area contributed by atoms with E-state index in [4.69, 9.17) is 9.47 Å². The Balaban J connectivity index is 2.01. The first-order valence-corrected chi connectivity index (χ1v) is 9.28. The average molecular weight is 398 g/mol. The molecular formula is C22H26N2O5. The molecule has 0 spiro atoms. The lowest BCUT2D eigenvalue weighted by molar-refractivity contribution is -0.156. The zero-order chi connectivity index (χ0) is 21.3. The molecule has 0 aliphatic rings. The van der Waals surface area contributed by atoms with Crippen molar-refractivity contribution in [2.24, 2.45) is 0 Å². The van der Waals surface area contributed by atoms with Gasteiger partial charge in [0.2, 0.25) is 5.91 Å². The van der Waals surface area contributed by atoms with E-state index in [-0.39, 0.29) is 13.0 Å². The second kappa shape index (κ2) is 10.3. The van der Waals surface area contributed by atoms with Gasteiger partial charge in [-0.3, -0.25) is 9.59 Å². The first-order chi connectivity index (χ1) is 13.7. The zero-order valence-electron chi connectivity index (χ0n) is 16.8. The largest absolute Gasteiger partial charge is 0.460 e. The summed E-state index contributed by atoms with van der Waals surface area (Å²) in [4.78, 5) is 37.0. The van der Waals surface area contributed by atoms with Crippen LogP contribution >= 0.6 is 0 Å². The highest BCUT2D eigenvalue weighted by Crippen LogP contribution is 2.12. The minimum absolute atomic E-state index is 0.0478. The molecule has 7 nitrogen and oxygen atoms in total. The Labute approximate surface area is 170 Å². The summed E-state index contributed by atoms with van der Waals surface area (Å²) in [5, 5.41) is 5.12. The standard InChI is InChI=1S/C22H26N2O5/c1-22(2,3)29-19(25)14-18(20(26)23-17-12-8-5-9-13-17)24-21(27)28-15-16-10-6-4-7-11-16/h4-13,18H,14-15H2,1-3H3,(H,23,26)(H,24,27)/t18-/m0/s1. The number of hydrogen-bond donors (Lipinski definition) is 2. The summed E-state index contributed by atoms with van der Waals surface area (Å²) in [6, 6.07) is 16.7. The van der Waals surface area contributed by atoms with E-state index in [9.17, 15) is 14.4 Å². The third-order valence-electron chi connectivity index (χ3n) is 3.65. The second-order valence-corrected chi connectivity index (χ2v) is 7.40. The van der Waals surface area contributed by atoms with Crippen molar-refractivity contribution in [1.82, 2.24) is 5.32 Å². The van der Waals surface area contributed by atoms with Crippen molar-refractivity contribution in [3.8, 4) is 0 Å². The van der Waals surface area contributed by atoms with Gasteiger partial charge in [0.1, 0.15) is 18.2 Å². The van der Waals surface area contributed by atoms with Gasteiger partial charge in [0.15, 0.2) is 0 Å². The van der Waals surface area contributed by atoms with Crippen LogP contribution in [-0.4, -0.2) is 29.6 Å². The Morgan fingerprint density at radius 2 is 1.52 bits per heavy atom. The number of anilines is 1. The van der Waals surface area contributed by atoms with Crippen molar-refractivity contribution in [1.29, 1.82) is 0 Å². The Morgan fingerprint density at radius 1 is 0.931 bits per heavy atom. The number of para-hydroxylation sites is 1. The SMILES string of the molecule is CC(C)(C)OC(=O)C[C@H](NC(=O)OCc1ccccc1)C(=O)Nc1ccccc1. The molecule has 29 heavy (non-hydrogen) atoms. The van der Waals surface area contributed by atoms with Gasteiger partial charge in [-0.05, 0) is 38.5 Å². The van der Waals surface area contributed by atoms with Crippen LogP contribution < -0.4 is 10.6 Å². The zero-order valence-corrected chi connectivity index (χ0v) is 16.8. The predicted octanol–water partition coefficient (Wildman–Crippen LogP) is 3.65. The molecule has 7 heteroatoms. The van der Waals surface area contributed by atoms with Gasteiger partial charge in [0, 0.05) is 5.69 Å². The minimum Gasteiger partial charge on any atom is -0.460 e. The Kier molecular flexibility index (Phi) is 7.77. The summed E-state index contributed by atoms with van der Waals surface area (Å²) in [5.41, 5.74) is 0.650. The average Bonchev–Trinajstić information content (AvgIpc) is 2.66. The van der Waals surface area contributed by atoms with Gasteiger partial charge >= 0.3 is 12.1 Å². The number of rotatable bonds is 7. The lowest BCUT2D eigenvalue weighted by atomic mass is 10.1. The van der Waals surface area contributed by atoms with Gasteiger partial charge in [0.25, 0.3) is 0 Å². The molecule has 1 atom stereocenters. The summed E-state index contributed by atoms with van der Waals surface area (Å²) in [5.74, 6) is -1.15. The fourth-order valence-electron chi connectivity index (χ4n) is 2.42. The maximum absolute atomic E-state index is 12.6. The van der Waals surface area contributed by atoms with Crippen molar-refractivity contribution in [2.45, 2.75) is 45.4 Å². The lowest BCUT2D eigenvalue weighted by Gasteiger charge is -2.22. The van der Waals surface area contributed by atoms with Gasteiger partial charge in [-0.1, -0.05) is 48.5 Å². The molecule has 0 saturated carbocycles. The number of nitrogens with one attached hydrogen (secondary N) is 2. The number of amides is 2. The second-order valence-electron chi connectivity index (χ2n) is 7.40. The molecule has 0 aromatic heterocycles. The molecule has 0 aliphatic carbocycles. The lowest BCUT2D eigenvalue weighted by Crippen LogP contribution is -2.46. The van der Waals surface area contributed by atoms with E-state index in [0.29, 0.717) is 5.69 Å². The molecule has 0 bridgehead atoms. The van der Waals surface area contributed by atoms with E-state index in [0.717, 1.165) is 5.56 Å². The summed E-state index contributed by atoms with van der Waals surface area (Å²) >= 11 is 0. The molecular weight excluding hydrogens is 372 g/mol.